The van der Waals surface area contributed by atoms with E-state index in [-0.39, 0.29) is 5.91 Å². The lowest BCUT2D eigenvalue weighted by Gasteiger charge is -2.19. The van der Waals surface area contributed by atoms with Crippen molar-refractivity contribution in [1.82, 2.24) is 9.78 Å². The molecule has 0 fully saturated rings. The fourth-order valence-electron chi connectivity index (χ4n) is 3.20. The summed E-state index contributed by atoms with van der Waals surface area (Å²) < 4.78 is 13.1. The maximum atomic E-state index is 12.4. The van der Waals surface area contributed by atoms with Crippen LogP contribution in [0.15, 0.2) is 18.2 Å². The van der Waals surface area contributed by atoms with E-state index in [4.69, 9.17) is 9.47 Å². The van der Waals surface area contributed by atoms with Gasteiger partial charge in [0.25, 0.3) is 0 Å². The molecule has 0 spiro atoms. The van der Waals surface area contributed by atoms with Gasteiger partial charge in [0.05, 0.1) is 5.69 Å². The molecule has 0 unspecified atom stereocenters. The number of anilines is 1. The quantitative estimate of drug-likeness (QED) is 0.859. The van der Waals surface area contributed by atoms with Crippen LogP contribution in [0.3, 0.4) is 0 Å². The van der Waals surface area contributed by atoms with Gasteiger partial charge in [0, 0.05) is 30.4 Å². The lowest BCUT2D eigenvalue weighted by molar-refractivity contribution is -0.116. The zero-order valence-corrected chi connectivity index (χ0v) is 16.0. The third kappa shape index (κ3) is 4.18. The highest BCUT2D eigenvalue weighted by atomic mass is 16.6. The Morgan fingerprint density at radius 1 is 1.23 bits per heavy atom. The highest BCUT2D eigenvalue weighted by Gasteiger charge is 2.15. The molecule has 2 heterocycles. The van der Waals surface area contributed by atoms with Gasteiger partial charge in [0.2, 0.25) is 5.91 Å². The number of nitrogens with zero attached hydrogens (tertiary/aromatic N) is 2. The number of amides is 1. The van der Waals surface area contributed by atoms with Gasteiger partial charge in [-0.05, 0) is 43.9 Å². The molecule has 1 N–H and O–H groups in total. The number of fused-ring (bicyclic) bond motifs is 1. The molecule has 6 heteroatoms. The van der Waals surface area contributed by atoms with E-state index in [1.165, 1.54) is 5.56 Å². The molecule has 1 aliphatic rings. The zero-order chi connectivity index (χ0) is 18.7. The van der Waals surface area contributed by atoms with Crippen molar-refractivity contribution < 1.29 is 14.3 Å². The van der Waals surface area contributed by atoms with Gasteiger partial charge >= 0.3 is 0 Å². The van der Waals surface area contributed by atoms with E-state index in [1.807, 2.05) is 29.8 Å². The van der Waals surface area contributed by atoms with E-state index in [2.05, 4.69) is 31.2 Å². The molecule has 0 radical (unpaired) electrons. The number of hydrogen-bond acceptors (Lipinski definition) is 4. The molecule has 140 valence electrons. The predicted molar refractivity (Wildman–Crippen MR) is 101 cm³/mol. The molecule has 0 saturated heterocycles. The maximum Gasteiger partial charge on any atom is 0.224 e. The van der Waals surface area contributed by atoms with E-state index < -0.39 is 0 Å². The molecule has 1 aromatic heterocycles. The van der Waals surface area contributed by atoms with Gasteiger partial charge < -0.3 is 14.8 Å². The van der Waals surface area contributed by atoms with Crippen molar-refractivity contribution in [1.29, 1.82) is 0 Å². The summed E-state index contributed by atoms with van der Waals surface area (Å²) in [4.78, 5) is 12.4. The Hall–Kier alpha value is -2.50. The highest BCUT2D eigenvalue weighted by Crippen LogP contribution is 2.32. The summed E-state index contributed by atoms with van der Waals surface area (Å²) in [6.45, 7) is 10.4. The largest absolute Gasteiger partial charge is 0.486 e. The SMILES string of the molecule is Cc1nn(CC(C)C)c(C)c1CCC(=O)Nc1ccc2c(c1)OCCO2. The first-order chi connectivity index (χ1) is 12.4. The number of carbonyl (C=O) groups excluding carboxylic acids is 1. The lowest BCUT2D eigenvalue weighted by atomic mass is 10.1. The fraction of sp³-hybridized carbons (Fsp3) is 0.500. The number of rotatable bonds is 6. The van der Waals surface area contributed by atoms with Crippen molar-refractivity contribution in [3.8, 4) is 11.5 Å². The average Bonchev–Trinajstić information content (AvgIpc) is 2.86. The summed E-state index contributed by atoms with van der Waals surface area (Å²) in [5.41, 5.74) is 4.06. The van der Waals surface area contributed by atoms with Crippen LogP contribution in [0.4, 0.5) is 5.69 Å². The van der Waals surface area contributed by atoms with Crippen molar-refractivity contribution >= 4 is 11.6 Å². The van der Waals surface area contributed by atoms with Crippen LogP contribution in [0.5, 0.6) is 11.5 Å². The highest BCUT2D eigenvalue weighted by molar-refractivity contribution is 5.91. The molecule has 1 aromatic carbocycles. The Balaban J connectivity index is 1.60. The number of aryl methyl sites for hydroxylation is 1. The van der Waals surface area contributed by atoms with Crippen LogP contribution in [0.2, 0.25) is 0 Å². The molecule has 3 rings (SSSR count). The molecule has 1 aliphatic heterocycles. The Morgan fingerprint density at radius 2 is 1.96 bits per heavy atom. The third-order valence-electron chi connectivity index (χ3n) is 4.50. The number of aromatic nitrogens is 2. The van der Waals surface area contributed by atoms with Gasteiger partial charge in [-0.2, -0.15) is 5.10 Å². The molecule has 0 aliphatic carbocycles. The number of ether oxygens (including phenoxy) is 2. The zero-order valence-electron chi connectivity index (χ0n) is 16.0. The smallest absolute Gasteiger partial charge is 0.224 e. The first kappa shape index (κ1) is 18.3. The first-order valence-electron chi connectivity index (χ1n) is 9.16. The summed E-state index contributed by atoms with van der Waals surface area (Å²) in [5.74, 6) is 1.92. The van der Waals surface area contributed by atoms with E-state index in [0.29, 0.717) is 37.7 Å². The molecule has 6 nitrogen and oxygen atoms in total. The van der Waals surface area contributed by atoms with Gasteiger partial charge in [0.15, 0.2) is 11.5 Å². The minimum absolute atomic E-state index is 0.0166. The van der Waals surface area contributed by atoms with E-state index >= 15 is 0 Å². The van der Waals surface area contributed by atoms with E-state index in [0.717, 1.165) is 29.4 Å². The monoisotopic (exact) mass is 357 g/mol. The Morgan fingerprint density at radius 3 is 2.69 bits per heavy atom. The van der Waals surface area contributed by atoms with Crippen molar-refractivity contribution in [3.05, 3.63) is 35.2 Å². The molecular formula is C20H27N3O3. The predicted octanol–water partition coefficient (Wildman–Crippen LogP) is 3.50. The first-order valence-corrected chi connectivity index (χ1v) is 9.16. The van der Waals surface area contributed by atoms with Gasteiger partial charge in [0.1, 0.15) is 13.2 Å². The van der Waals surface area contributed by atoms with Crippen LogP contribution >= 0.6 is 0 Å². The lowest BCUT2D eigenvalue weighted by Crippen LogP contribution is -2.16. The number of hydrogen-bond donors (Lipinski definition) is 1. The van der Waals surface area contributed by atoms with Gasteiger partial charge in [-0.1, -0.05) is 13.8 Å². The van der Waals surface area contributed by atoms with Gasteiger partial charge in [-0.25, -0.2) is 0 Å². The van der Waals surface area contributed by atoms with Gasteiger partial charge in [-0.3, -0.25) is 9.48 Å². The second-order valence-electron chi connectivity index (χ2n) is 7.13. The number of carbonyl (C=O) groups is 1. The molecule has 1 amide bonds. The molecular weight excluding hydrogens is 330 g/mol. The van der Waals surface area contributed by atoms with Gasteiger partial charge in [-0.15, -0.1) is 0 Å². The van der Waals surface area contributed by atoms with E-state index in [1.54, 1.807) is 0 Å². The third-order valence-corrected chi connectivity index (χ3v) is 4.50. The standard InChI is InChI=1S/C20H27N3O3/c1-13(2)12-23-15(4)17(14(3)22-23)6-8-20(24)21-16-5-7-18-19(11-16)26-10-9-25-18/h5,7,11,13H,6,8-10,12H2,1-4H3,(H,21,24). The van der Waals surface area contributed by atoms with Crippen LogP contribution in [-0.2, 0) is 17.8 Å². The van der Waals surface area contributed by atoms with Crippen molar-refractivity contribution in [2.45, 2.75) is 47.1 Å². The normalized spacial score (nSPS) is 13.1. The number of nitrogens with one attached hydrogen (secondary N) is 1. The topological polar surface area (TPSA) is 65.4 Å². The van der Waals surface area contributed by atoms with E-state index in [9.17, 15) is 4.79 Å². The number of benzene rings is 1. The van der Waals surface area contributed by atoms with Crippen molar-refractivity contribution in [2.75, 3.05) is 18.5 Å². The summed E-state index contributed by atoms with van der Waals surface area (Å²) in [6.07, 6.45) is 1.11. The van der Waals surface area contributed by atoms with Crippen molar-refractivity contribution in [2.24, 2.45) is 5.92 Å². The fourth-order valence-corrected chi connectivity index (χ4v) is 3.20. The summed E-state index contributed by atoms with van der Waals surface area (Å²) >= 11 is 0. The Kier molecular flexibility index (Phi) is 5.49. The van der Waals surface area contributed by atoms with Crippen LogP contribution < -0.4 is 14.8 Å². The minimum atomic E-state index is -0.0166. The maximum absolute atomic E-state index is 12.4. The second-order valence-corrected chi connectivity index (χ2v) is 7.13. The molecule has 0 saturated carbocycles. The van der Waals surface area contributed by atoms with Crippen LogP contribution in [0.1, 0.15) is 37.2 Å². The summed E-state index contributed by atoms with van der Waals surface area (Å²) in [7, 11) is 0. The summed E-state index contributed by atoms with van der Waals surface area (Å²) in [6, 6.07) is 5.47. The Bertz CT molecular complexity index is 796. The molecule has 2 aromatic rings. The van der Waals surface area contributed by atoms with Crippen LogP contribution in [-0.4, -0.2) is 28.9 Å². The average molecular weight is 357 g/mol. The Labute approximate surface area is 154 Å². The van der Waals surface area contributed by atoms with Crippen molar-refractivity contribution in [3.63, 3.8) is 0 Å². The second kappa shape index (κ2) is 7.81. The van der Waals surface area contributed by atoms with Crippen LogP contribution in [0, 0.1) is 19.8 Å². The molecule has 0 atom stereocenters. The molecule has 26 heavy (non-hydrogen) atoms. The summed E-state index contributed by atoms with van der Waals surface area (Å²) in [5, 5.41) is 7.55. The molecule has 0 bridgehead atoms. The minimum Gasteiger partial charge on any atom is -0.486 e. The van der Waals surface area contributed by atoms with Crippen LogP contribution in [0.25, 0.3) is 0 Å².